The lowest BCUT2D eigenvalue weighted by atomic mass is 10.1. The molecule has 0 N–H and O–H groups in total. The fourth-order valence-electron chi connectivity index (χ4n) is 2.86. The van der Waals surface area contributed by atoms with Crippen LogP contribution in [0.4, 0.5) is 5.69 Å². The molecule has 1 heterocycles. The van der Waals surface area contributed by atoms with Crippen LogP contribution in [-0.4, -0.2) is 38.1 Å². The van der Waals surface area contributed by atoms with Crippen molar-refractivity contribution in [3.05, 3.63) is 29.3 Å². The van der Waals surface area contributed by atoms with E-state index in [-0.39, 0.29) is 0 Å². The first-order valence-electron chi connectivity index (χ1n) is 6.59. The summed E-state index contributed by atoms with van der Waals surface area (Å²) in [6, 6.07) is 7.49. The normalized spacial score (nSPS) is 24.0. The maximum absolute atomic E-state index is 3.53. The monoisotopic (exact) mass is 310 g/mol. The molecule has 100 valence electrons. The molecule has 2 unspecified atom stereocenters. The van der Waals surface area contributed by atoms with Crippen LogP contribution >= 0.6 is 15.9 Å². The summed E-state index contributed by atoms with van der Waals surface area (Å²) in [7, 11) is 4.37. The average Bonchev–Trinajstić information content (AvgIpc) is 2.71. The van der Waals surface area contributed by atoms with Crippen molar-refractivity contribution < 1.29 is 0 Å². The first-order chi connectivity index (χ1) is 8.52. The van der Waals surface area contributed by atoms with E-state index in [9.17, 15) is 0 Å². The summed E-state index contributed by atoms with van der Waals surface area (Å²) >= 11 is 3.53. The second-order valence-corrected chi connectivity index (χ2v) is 6.22. The van der Waals surface area contributed by atoms with Crippen molar-refractivity contribution in [1.82, 2.24) is 4.90 Å². The Morgan fingerprint density at radius 2 is 2.06 bits per heavy atom. The Kier molecular flexibility index (Phi) is 4.33. The highest BCUT2D eigenvalue weighted by atomic mass is 79.9. The minimum atomic E-state index is 0.668. The van der Waals surface area contributed by atoms with Gasteiger partial charge in [-0.25, -0.2) is 0 Å². The largest absolute Gasteiger partial charge is 0.370 e. The van der Waals surface area contributed by atoms with Crippen molar-refractivity contribution in [3.8, 4) is 0 Å². The van der Waals surface area contributed by atoms with Crippen LogP contribution < -0.4 is 4.90 Å². The molecule has 1 aromatic carbocycles. The van der Waals surface area contributed by atoms with Gasteiger partial charge in [0.05, 0.1) is 0 Å². The summed E-state index contributed by atoms with van der Waals surface area (Å²) in [4.78, 5) is 4.87. The molecule has 18 heavy (non-hydrogen) atoms. The molecule has 1 saturated heterocycles. The number of halogens is 1. The molecule has 1 aliphatic heterocycles. The molecule has 0 aromatic heterocycles. The van der Waals surface area contributed by atoms with E-state index < -0.39 is 0 Å². The summed E-state index contributed by atoms with van der Waals surface area (Å²) in [6.07, 6.45) is 0. The SMILES string of the molecule is Cc1cc(N2CC(C)C(N(C)C)C2)ccc1CBr. The topological polar surface area (TPSA) is 6.48 Å². The summed E-state index contributed by atoms with van der Waals surface area (Å²) < 4.78 is 0. The van der Waals surface area contributed by atoms with Gasteiger partial charge in [0.1, 0.15) is 0 Å². The fraction of sp³-hybridized carbons (Fsp3) is 0.600. The van der Waals surface area contributed by atoms with Crippen molar-refractivity contribution in [1.29, 1.82) is 0 Å². The Bertz CT molecular complexity index is 417. The van der Waals surface area contributed by atoms with Crippen LogP contribution in [0.5, 0.6) is 0 Å². The second-order valence-electron chi connectivity index (χ2n) is 5.66. The van der Waals surface area contributed by atoms with Crippen LogP contribution in [0.25, 0.3) is 0 Å². The molecule has 0 amide bonds. The number of hydrogen-bond acceptors (Lipinski definition) is 2. The maximum Gasteiger partial charge on any atom is 0.0369 e. The minimum absolute atomic E-state index is 0.668. The van der Waals surface area contributed by atoms with E-state index in [1.165, 1.54) is 16.8 Å². The van der Waals surface area contributed by atoms with Gasteiger partial charge < -0.3 is 9.80 Å². The van der Waals surface area contributed by atoms with Crippen LogP contribution in [0.1, 0.15) is 18.1 Å². The van der Waals surface area contributed by atoms with Crippen LogP contribution in [0.3, 0.4) is 0 Å². The molecule has 1 aliphatic rings. The molecule has 1 aromatic rings. The van der Waals surface area contributed by atoms with Crippen molar-refractivity contribution in [3.63, 3.8) is 0 Å². The first-order valence-corrected chi connectivity index (χ1v) is 7.72. The number of benzene rings is 1. The van der Waals surface area contributed by atoms with Gasteiger partial charge in [0.2, 0.25) is 0 Å². The highest BCUT2D eigenvalue weighted by Gasteiger charge is 2.31. The van der Waals surface area contributed by atoms with Gasteiger partial charge in [0.15, 0.2) is 0 Å². The van der Waals surface area contributed by atoms with Crippen LogP contribution in [0.15, 0.2) is 18.2 Å². The second kappa shape index (κ2) is 5.62. The highest BCUT2D eigenvalue weighted by Crippen LogP contribution is 2.28. The van der Waals surface area contributed by atoms with Gasteiger partial charge in [-0.2, -0.15) is 0 Å². The fourth-order valence-corrected chi connectivity index (χ4v) is 3.49. The lowest BCUT2D eigenvalue weighted by Crippen LogP contribution is -2.34. The number of hydrogen-bond donors (Lipinski definition) is 0. The number of likely N-dealkylation sites (N-methyl/N-ethyl adjacent to an activating group) is 1. The summed E-state index contributed by atoms with van der Waals surface area (Å²) in [5.74, 6) is 0.733. The predicted molar refractivity (Wildman–Crippen MR) is 82.7 cm³/mol. The van der Waals surface area contributed by atoms with Crippen molar-refractivity contribution in [2.24, 2.45) is 5.92 Å². The Balaban J connectivity index is 2.16. The molecule has 3 heteroatoms. The van der Waals surface area contributed by atoms with Gasteiger partial charge in [0.25, 0.3) is 0 Å². The Labute approximate surface area is 119 Å². The van der Waals surface area contributed by atoms with Gasteiger partial charge in [-0.3, -0.25) is 0 Å². The van der Waals surface area contributed by atoms with E-state index in [0.29, 0.717) is 6.04 Å². The molecule has 0 saturated carbocycles. The molecule has 2 rings (SSSR count). The van der Waals surface area contributed by atoms with Crippen LogP contribution in [0, 0.1) is 12.8 Å². The molecule has 0 spiro atoms. The minimum Gasteiger partial charge on any atom is -0.370 e. The Morgan fingerprint density at radius 3 is 2.56 bits per heavy atom. The quantitative estimate of drug-likeness (QED) is 0.791. The Morgan fingerprint density at radius 1 is 1.33 bits per heavy atom. The zero-order valence-electron chi connectivity index (χ0n) is 11.8. The van der Waals surface area contributed by atoms with E-state index >= 15 is 0 Å². The number of aryl methyl sites for hydroxylation is 1. The molecular formula is C15H23BrN2. The summed E-state index contributed by atoms with van der Waals surface area (Å²) in [5.41, 5.74) is 4.13. The van der Waals surface area contributed by atoms with Crippen LogP contribution in [-0.2, 0) is 5.33 Å². The van der Waals surface area contributed by atoms with Gasteiger partial charge >= 0.3 is 0 Å². The third kappa shape index (κ3) is 2.72. The first kappa shape index (κ1) is 13.9. The summed E-state index contributed by atoms with van der Waals surface area (Å²) in [6.45, 7) is 6.85. The number of anilines is 1. The van der Waals surface area contributed by atoms with Crippen molar-refractivity contribution >= 4 is 21.6 Å². The molecule has 0 aliphatic carbocycles. The van der Waals surface area contributed by atoms with Gasteiger partial charge in [-0.15, -0.1) is 0 Å². The third-order valence-electron chi connectivity index (χ3n) is 4.07. The maximum atomic E-state index is 3.53. The molecule has 2 nitrogen and oxygen atoms in total. The van der Waals surface area contributed by atoms with Gasteiger partial charge in [-0.1, -0.05) is 28.9 Å². The van der Waals surface area contributed by atoms with Crippen molar-refractivity contribution in [2.45, 2.75) is 25.2 Å². The standard InChI is InChI=1S/C15H23BrN2/c1-11-7-14(6-5-13(11)8-16)18-9-12(2)15(10-18)17(3)4/h5-7,12,15H,8-10H2,1-4H3. The van der Waals surface area contributed by atoms with Crippen LogP contribution in [0.2, 0.25) is 0 Å². The molecule has 1 fully saturated rings. The zero-order chi connectivity index (χ0) is 13.3. The van der Waals surface area contributed by atoms with E-state index in [2.05, 4.69) is 71.9 Å². The lowest BCUT2D eigenvalue weighted by molar-refractivity contribution is 0.266. The molecule has 0 bridgehead atoms. The Hall–Kier alpha value is -0.540. The highest BCUT2D eigenvalue weighted by molar-refractivity contribution is 9.08. The average molecular weight is 311 g/mol. The van der Waals surface area contributed by atoms with Crippen molar-refractivity contribution in [2.75, 3.05) is 32.1 Å². The third-order valence-corrected chi connectivity index (χ3v) is 4.68. The molecule has 0 radical (unpaired) electrons. The van der Waals surface area contributed by atoms with E-state index in [1.54, 1.807) is 0 Å². The molecular weight excluding hydrogens is 288 g/mol. The predicted octanol–water partition coefficient (Wildman–Crippen LogP) is 3.28. The van der Waals surface area contributed by atoms with E-state index in [1.807, 2.05) is 0 Å². The zero-order valence-corrected chi connectivity index (χ0v) is 13.4. The van der Waals surface area contributed by atoms with Gasteiger partial charge in [0, 0.05) is 30.1 Å². The molecule has 2 atom stereocenters. The number of alkyl halides is 1. The summed E-state index contributed by atoms with van der Waals surface area (Å²) in [5, 5.41) is 0.940. The number of nitrogens with zero attached hydrogens (tertiary/aromatic N) is 2. The smallest absolute Gasteiger partial charge is 0.0369 e. The number of rotatable bonds is 3. The van der Waals surface area contributed by atoms with Gasteiger partial charge in [-0.05, 0) is 50.2 Å². The van der Waals surface area contributed by atoms with E-state index in [4.69, 9.17) is 0 Å². The van der Waals surface area contributed by atoms with E-state index in [0.717, 1.165) is 24.3 Å². The lowest BCUT2D eigenvalue weighted by Gasteiger charge is -2.23.